The second kappa shape index (κ2) is 7.64. The number of carbonyl (C=O) groups is 1. The number of allylic oxidation sites excluding steroid dienone is 4. The van der Waals surface area contributed by atoms with Gasteiger partial charge in [-0.15, -0.1) is 0 Å². The fraction of sp³-hybridized carbons (Fsp3) is 0.261. The number of nitrogens with one attached hydrogen (secondary N) is 1. The van der Waals surface area contributed by atoms with Gasteiger partial charge in [0.15, 0.2) is 0 Å². The number of anilines is 2. The second-order valence-corrected chi connectivity index (χ2v) is 8.13. The molecule has 0 bridgehead atoms. The molecule has 3 atom stereocenters. The third-order valence-electron chi connectivity index (χ3n) is 5.93. The smallest absolute Gasteiger partial charge is 0.274 e. The minimum Gasteiger partial charge on any atom is -0.391 e. The molecule has 0 saturated carbocycles. The van der Waals surface area contributed by atoms with Crippen LogP contribution in [0.5, 0.6) is 0 Å². The predicted molar refractivity (Wildman–Crippen MR) is 121 cm³/mol. The summed E-state index contributed by atoms with van der Waals surface area (Å²) in [4.78, 5) is 23.9. The minimum atomic E-state index is -0.538. The average Bonchev–Trinajstić information content (AvgIpc) is 3.13. The van der Waals surface area contributed by atoms with E-state index in [9.17, 15) is 9.90 Å². The molecular weight excluding hydrogens is 392 g/mol. The van der Waals surface area contributed by atoms with E-state index in [1.807, 2.05) is 54.1 Å². The van der Waals surface area contributed by atoms with Crippen LogP contribution in [-0.4, -0.2) is 50.8 Å². The molecule has 0 radical (unpaired) electrons. The number of nitrogens with zero attached hydrogens (tertiary/aromatic N) is 4. The Balaban J connectivity index is 1.41. The van der Waals surface area contributed by atoms with Gasteiger partial charge in [0.2, 0.25) is 0 Å². The SMILES string of the molecule is CC1CN(c2ccncc2NC(=O)c2ccc3ccn(C4=CC=C4)c3n2)CC(N)C1O. The lowest BCUT2D eigenvalue weighted by Gasteiger charge is -2.40. The molecule has 0 aromatic carbocycles. The van der Waals surface area contributed by atoms with E-state index in [-0.39, 0.29) is 17.9 Å². The summed E-state index contributed by atoms with van der Waals surface area (Å²) in [5.41, 5.74) is 9.63. The van der Waals surface area contributed by atoms with Gasteiger partial charge in [-0.2, -0.15) is 0 Å². The zero-order valence-electron chi connectivity index (χ0n) is 17.1. The highest BCUT2D eigenvalue weighted by atomic mass is 16.3. The molecule has 3 aromatic heterocycles. The van der Waals surface area contributed by atoms with E-state index in [1.54, 1.807) is 18.5 Å². The number of rotatable bonds is 4. The van der Waals surface area contributed by atoms with Crippen molar-refractivity contribution in [1.82, 2.24) is 14.5 Å². The number of hydrogen-bond donors (Lipinski definition) is 3. The zero-order chi connectivity index (χ0) is 21.5. The van der Waals surface area contributed by atoms with E-state index < -0.39 is 6.10 Å². The number of hydrogen-bond acceptors (Lipinski definition) is 6. The number of piperidine rings is 1. The molecule has 3 unspecified atom stereocenters. The second-order valence-electron chi connectivity index (χ2n) is 8.13. The Morgan fingerprint density at radius 1 is 1.26 bits per heavy atom. The molecule has 0 spiro atoms. The maximum Gasteiger partial charge on any atom is 0.274 e. The molecule has 1 saturated heterocycles. The molecule has 4 N–H and O–H groups in total. The van der Waals surface area contributed by atoms with Crippen molar-refractivity contribution in [1.29, 1.82) is 0 Å². The van der Waals surface area contributed by atoms with Gasteiger partial charge in [0.05, 0.1) is 23.7 Å². The van der Waals surface area contributed by atoms with Gasteiger partial charge in [0.25, 0.3) is 5.91 Å². The monoisotopic (exact) mass is 416 g/mol. The zero-order valence-corrected chi connectivity index (χ0v) is 17.1. The number of amides is 1. The normalized spacial score (nSPS) is 22.9. The van der Waals surface area contributed by atoms with Crippen LogP contribution in [0.4, 0.5) is 11.4 Å². The van der Waals surface area contributed by atoms with Crippen molar-refractivity contribution in [3.8, 4) is 0 Å². The van der Waals surface area contributed by atoms with Crippen molar-refractivity contribution in [3.05, 3.63) is 66.8 Å². The standard InChI is InChI=1S/C23H24N6O2/c1-14-12-28(13-17(24)21(14)30)20-7-9-25-11-19(20)27-23(31)18-6-5-15-8-10-29(22(15)26-18)16-3-2-4-16/h2-11,14,17,21,30H,12-13,24H2,1H3,(H,27,31). The number of nitrogens with two attached hydrogens (primary N) is 1. The summed E-state index contributed by atoms with van der Waals surface area (Å²) < 4.78 is 1.96. The van der Waals surface area contributed by atoms with Crippen LogP contribution in [0.2, 0.25) is 0 Å². The average molecular weight is 416 g/mol. The van der Waals surface area contributed by atoms with Crippen LogP contribution in [-0.2, 0) is 0 Å². The Morgan fingerprint density at radius 2 is 2.10 bits per heavy atom. The quantitative estimate of drug-likeness (QED) is 0.602. The van der Waals surface area contributed by atoms with E-state index in [1.165, 1.54) is 0 Å². The van der Waals surface area contributed by atoms with Crippen molar-refractivity contribution >= 4 is 34.0 Å². The number of aliphatic hydroxyl groups is 1. The number of fused-ring (bicyclic) bond motifs is 1. The third kappa shape index (κ3) is 3.49. The van der Waals surface area contributed by atoms with Crippen LogP contribution >= 0.6 is 0 Å². The minimum absolute atomic E-state index is 0.0205. The van der Waals surface area contributed by atoms with Crippen LogP contribution < -0.4 is 16.0 Å². The lowest BCUT2D eigenvalue weighted by Crippen LogP contribution is -2.55. The first-order valence-corrected chi connectivity index (χ1v) is 10.3. The summed E-state index contributed by atoms with van der Waals surface area (Å²) >= 11 is 0. The van der Waals surface area contributed by atoms with Gasteiger partial charge in [-0.05, 0) is 36.4 Å². The van der Waals surface area contributed by atoms with E-state index in [4.69, 9.17) is 5.73 Å². The van der Waals surface area contributed by atoms with Crippen LogP contribution in [0.3, 0.4) is 0 Å². The molecule has 1 aliphatic heterocycles. The molecule has 31 heavy (non-hydrogen) atoms. The fourth-order valence-electron chi connectivity index (χ4n) is 4.14. The molecule has 3 aromatic rings. The maximum absolute atomic E-state index is 13.0. The number of pyridine rings is 2. The van der Waals surface area contributed by atoms with E-state index >= 15 is 0 Å². The van der Waals surface area contributed by atoms with Crippen molar-refractivity contribution in [2.45, 2.75) is 19.1 Å². The maximum atomic E-state index is 13.0. The third-order valence-corrected chi connectivity index (χ3v) is 5.93. The summed E-state index contributed by atoms with van der Waals surface area (Å²) in [6.45, 7) is 3.11. The van der Waals surface area contributed by atoms with E-state index in [0.29, 0.717) is 24.5 Å². The van der Waals surface area contributed by atoms with Crippen LogP contribution in [0.1, 0.15) is 17.4 Å². The summed E-state index contributed by atoms with van der Waals surface area (Å²) in [6.07, 6.45) is 10.7. The Kier molecular flexibility index (Phi) is 4.80. The molecular formula is C23H24N6O2. The molecule has 1 fully saturated rings. The molecule has 5 rings (SSSR count). The van der Waals surface area contributed by atoms with E-state index in [2.05, 4.69) is 20.2 Å². The van der Waals surface area contributed by atoms with Gasteiger partial charge in [-0.1, -0.05) is 13.0 Å². The lowest BCUT2D eigenvalue weighted by atomic mass is 9.92. The van der Waals surface area contributed by atoms with E-state index in [0.717, 1.165) is 22.4 Å². The number of aromatic nitrogens is 3. The summed E-state index contributed by atoms with van der Waals surface area (Å²) in [6, 6.07) is 7.09. The molecule has 4 heterocycles. The first kappa shape index (κ1) is 19.5. The van der Waals surface area contributed by atoms with Crippen LogP contribution in [0, 0.1) is 5.92 Å². The number of aliphatic hydroxyl groups excluding tert-OH is 1. The van der Waals surface area contributed by atoms with Gasteiger partial charge in [-0.25, -0.2) is 4.98 Å². The first-order chi connectivity index (χ1) is 15.0. The molecule has 158 valence electrons. The van der Waals surface area contributed by atoms with Gasteiger partial charge in [-0.3, -0.25) is 9.78 Å². The van der Waals surface area contributed by atoms with Crippen LogP contribution in [0.25, 0.3) is 16.7 Å². The summed E-state index contributed by atoms with van der Waals surface area (Å²) in [5, 5.41) is 14.1. The Bertz CT molecular complexity index is 1200. The highest BCUT2D eigenvalue weighted by Gasteiger charge is 2.32. The Hall–Kier alpha value is -3.49. The Labute approximate surface area is 179 Å². The summed E-state index contributed by atoms with van der Waals surface area (Å²) in [7, 11) is 0. The predicted octanol–water partition coefficient (Wildman–Crippen LogP) is 2.24. The Morgan fingerprint density at radius 3 is 2.84 bits per heavy atom. The molecule has 1 aliphatic carbocycles. The fourth-order valence-corrected chi connectivity index (χ4v) is 4.14. The van der Waals surface area contributed by atoms with Crippen molar-refractivity contribution in [3.63, 3.8) is 0 Å². The van der Waals surface area contributed by atoms with Crippen molar-refractivity contribution in [2.75, 3.05) is 23.3 Å². The van der Waals surface area contributed by atoms with Crippen molar-refractivity contribution in [2.24, 2.45) is 11.7 Å². The topological polar surface area (TPSA) is 109 Å². The molecule has 1 amide bonds. The van der Waals surface area contributed by atoms with Gasteiger partial charge in [0.1, 0.15) is 11.3 Å². The largest absolute Gasteiger partial charge is 0.391 e. The molecule has 8 heteroatoms. The number of carbonyl (C=O) groups excluding carboxylic acids is 1. The lowest BCUT2D eigenvalue weighted by molar-refractivity contribution is 0.0785. The van der Waals surface area contributed by atoms with Crippen LogP contribution in [0.15, 0.2) is 61.1 Å². The molecule has 8 nitrogen and oxygen atoms in total. The molecule has 2 aliphatic rings. The highest BCUT2D eigenvalue weighted by molar-refractivity contribution is 6.05. The van der Waals surface area contributed by atoms with Gasteiger partial charge >= 0.3 is 0 Å². The first-order valence-electron chi connectivity index (χ1n) is 10.3. The summed E-state index contributed by atoms with van der Waals surface area (Å²) in [5.74, 6) is -0.288. The van der Waals surface area contributed by atoms with Gasteiger partial charge in [0, 0.05) is 48.5 Å². The van der Waals surface area contributed by atoms with Crippen molar-refractivity contribution < 1.29 is 9.90 Å². The highest BCUT2D eigenvalue weighted by Crippen LogP contribution is 2.30. The van der Waals surface area contributed by atoms with Gasteiger partial charge < -0.3 is 25.6 Å².